The highest BCUT2D eigenvalue weighted by Gasteiger charge is 2.16. The van der Waals surface area contributed by atoms with E-state index >= 15 is 0 Å². The molecule has 3 heteroatoms. The van der Waals surface area contributed by atoms with Gasteiger partial charge in [0, 0.05) is 33.6 Å². The van der Waals surface area contributed by atoms with Crippen LogP contribution in [0.5, 0.6) is 0 Å². The Labute approximate surface area is 87.1 Å². The van der Waals surface area contributed by atoms with E-state index in [0.717, 1.165) is 12.5 Å². The standard InChI is InChI=1S/C11H22N2O/c1-10-5-4-7-13(9-10)8-6-11(14)12(2)3/h10H,4-9H2,1-3H3/t10-/m1/s1. The van der Waals surface area contributed by atoms with Crippen LogP contribution < -0.4 is 0 Å². The molecular weight excluding hydrogens is 176 g/mol. The van der Waals surface area contributed by atoms with Gasteiger partial charge in [0.25, 0.3) is 0 Å². The highest BCUT2D eigenvalue weighted by atomic mass is 16.2. The van der Waals surface area contributed by atoms with Crippen molar-refractivity contribution in [1.82, 2.24) is 9.80 Å². The van der Waals surface area contributed by atoms with Crippen LogP contribution in [-0.2, 0) is 4.79 Å². The van der Waals surface area contributed by atoms with E-state index in [1.165, 1.54) is 25.9 Å². The molecule has 82 valence electrons. The van der Waals surface area contributed by atoms with E-state index in [0.29, 0.717) is 6.42 Å². The first-order chi connectivity index (χ1) is 6.59. The molecule has 0 spiro atoms. The molecule has 1 aliphatic heterocycles. The topological polar surface area (TPSA) is 23.6 Å². The number of nitrogens with zero attached hydrogens (tertiary/aromatic N) is 2. The molecule has 0 aromatic heterocycles. The van der Waals surface area contributed by atoms with Crippen LogP contribution in [0.3, 0.4) is 0 Å². The third kappa shape index (κ3) is 3.66. The summed E-state index contributed by atoms with van der Waals surface area (Å²) in [7, 11) is 3.64. The molecule has 1 rings (SSSR count). The number of rotatable bonds is 3. The molecule has 0 aromatic carbocycles. The number of piperidine rings is 1. The van der Waals surface area contributed by atoms with Gasteiger partial charge in [0.15, 0.2) is 0 Å². The fraction of sp³-hybridized carbons (Fsp3) is 0.909. The molecule has 1 atom stereocenters. The second-order valence-electron chi connectivity index (χ2n) is 4.59. The Morgan fingerprint density at radius 3 is 2.79 bits per heavy atom. The lowest BCUT2D eigenvalue weighted by molar-refractivity contribution is -0.129. The number of carbonyl (C=O) groups is 1. The summed E-state index contributed by atoms with van der Waals surface area (Å²) in [6, 6.07) is 0. The van der Waals surface area contributed by atoms with Crippen molar-refractivity contribution >= 4 is 5.91 Å². The van der Waals surface area contributed by atoms with E-state index < -0.39 is 0 Å². The van der Waals surface area contributed by atoms with Crippen LogP contribution in [-0.4, -0.2) is 49.4 Å². The lowest BCUT2D eigenvalue weighted by atomic mass is 10.0. The smallest absolute Gasteiger partial charge is 0.223 e. The summed E-state index contributed by atoms with van der Waals surface area (Å²) in [4.78, 5) is 15.5. The summed E-state index contributed by atoms with van der Waals surface area (Å²) in [5.74, 6) is 1.04. The third-order valence-corrected chi connectivity index (χ3v) is 2.88. The molecule has 1 saturated heterocycles. The predicted molar refractivity (Wildman–Crippen MR) is 58.1 cm³/mol. The lowest BCUT2D eigenvalue weighted by Gasteiger charge is -2.30. The van der Waals surface area contributed by atoms with Gasteiger partial charge in [0.1, 0.15) is 0 Å². The zero-order valence-corrected chi connectivity index (χ0v) is 9.62. The molecule has 0 N–H and O–H groups in total. The molecule has 0 unspecified atom stereocenters. The zero-order valence-electron chi connectivity index (χ0n) is 9.62. The summed E-state index contributed by atoms with van der Waals surface area (Å²) < 4.78 is 0. The van der Waals surface area contributed by atoms with Gasteiger partial charge in [-0.2, -0.15) is 0 Å². The molecule has 1 amide bonds. The van der Waals surface area contributed by atoms with Crippen molar-refractivity contribution in [3.05, 3.63) is 0 Å². The zero-order chi connectivity index (χ0) is 10.6. The minimum atomic E-state index is 0.239. The molecular formula is C11H22N2O. The lowest BCUT2D eigenvalue weighted by Crippen LogP contribution is -2.37. The van der Waals surface area contributed by atoms with E-state index in [2.05, 4.69) is 11.8 Å². The van der Waals surface area contributed by atoms with Crippen LogP contribution in [0.4, 0.5) is 0 Å². The molecule has 1 heterocycles. The highest BCUT2D eigenvalue weighted by Crippen LogP contribution is 2.15. The van der Waals surface area contributed by atoms with E-state index in [1.807, 2.05) is 14.1 Å². The van der Waals surface area contributed by atoms with Crippen LogP contribution in [0.1, 0.15) is 26.2 Å². The van der Waals surface area contributed by atoms with Crippen molar-refractivity contribution < 1.29 is 4.79 Å². The van der Waals surface area contributed by atoms with Gasteiger partial charge in [0.05, 0.1) is 0 Å². The van der Waals surface area contributed by atoms with Crippen LogP contribution in [0.25, 0.3) is 0 Å². The van der Waals surface area contributed by atoms with Gasteiger partial charge in [-0.3, -0.25) is 4.79 Å². The second-order valence-corrected chi connectivity index (χ2v) is 4.59. The first kappa shape index (κ1) is 11.5. The largest absolute Gasteiger partial charge is 0.349 e. The van der Waals surface area contributed by atoms with Gasteiger partial charge >= 0.3 is 0 Å². The Hall–Kier alpha value is -0.570. The Bertz CT molecular complexity index is 192. The number of carbonyl (C=O) groups excluding carboxylic acids is 1. The summed E-state index contributed by atoms with van der Waals surface area (Å²) in [6.45, 7) is 5.56. The highest BCUT2D eigenvalue weighted by molar-refractivity contribution is 5.75. The fourth-order valence-corrected chi connectivity index (χ4v) is 1.97. The molecule has 0 aromatic rings. The van der Waals surface area contributed by atoms with Crippen molar-refractivity contribution in [2.75, 3.05) is 33.7 Å². The normalized spacial score (nSPS) is 23.5. The average molecular weight is 198 g/mol. The average Bonchev–Trinajstić information content (AvgIpc) is 2.14. The molecule has 0 aliphatic carbocycles. The minimum Gasteiger partial charge on any atom is -0.349 e. The monoisotopic (exact) mass is 198 g/mol. The van der Waals surface area contributed by atoms with Crippen molar-refractivity contribution in [3.8, 4) is 0 Å². The van der Waals surface area contributed by atoms with Gasteiger partial charge < -0.3 is 9.80 Å². The minimum absolute atomic E-state index is 0.239. The Balaban J connectivity index is 2.20. The van der Waals surface area contributed by atoms with E-state index in [9.17, 15) is 4.79 Å². The quantitative estimate of drug-likeness (QED) is 0.680. The van der Waals surface area contributed by atoms with Crippen LogP contribution in [0, 0.1) is 5.92 Å². The maximum atomic E-state index is 11.4. The maximum Gasteiger partial charge on any atom is 0.223 e. The molecule has 14 heavy (non-hydrogen) atoms. The first-order valence-corrected chi connectivity index (χ1v) is 5.52. The molecule has 1 aliphatic rings. The number of hydrogen-bond donors (Lipinski definition) is 0. The van der Waals surface area contributed by atoms with Crippen LogP contribution >= 0.6 is 0 Å². The maximum absolute atomic E-state index is 11.4. The van der Waals surface area contributed by atoms with Crippen molar-refractivity contribution in [3.63, 3.8) is 0 Å². The summed E-state index contributed by atoms with van der Waals surface area (Å²) in [5.41, 5.74) is 0. The summed E-state index contributed by atoms with van der Waals surface area (Å²) >= 11 is 0. The van der Waals surface area contributed by atoms with Gasteiger partial charge in [-0.05, 0) is 25.3 Å². The van der Waals surface area contributed by atoms with Gasteiger partial charge in [-0.1, -0.05) is 6.92 Å². The molecule has 1 fully saturated rings. The Kier molecular flexibility index (Phi) is 4.39. The summed E-state index contributed by atoms with van der Waals surface area (Å²) in [6.07, 6.45) is 3.30. The van der Waals surface area contributed by atoms with E-state index in [-0.39, 0.29) is 5.91 Å². The number of hydrogen-bond acceptors (Lipinski definition) is 2. The molecule has 0 saturated carbocycles. The van der Waals surface area contributed by atoms with Crippen molar-refractivity contribution in [1.29, 1.82) is 0 Å². The van der Waals surface area contributed by atoms with Gasteiger partial charge in [-0.25, -0.2) is 0 Å². The van der Waals surface area contributed by atoms with Gasteiger partial charge in [-0.15, -0.1) is 0 Å². The van der Waals surface area contributed by atoms with Crippen LogP contribution in [0.2, 0.25) is 0 Å². The van der Waals surface area contributed by atoms with Crippen LogP contribution in [0.15, 0.2) is 0 Å². The molecule has 0 radical (unpaired) electrons. The molecule has 3 nitrogen and oxygen atoms in total. The third-order valence-electron chi connectivity index (χ3n) is 2.88. The number of amides is 1. The molecule has 0 bridgehead atoms. The number of likely N-dealkylation sites (tertiary alicyclic amines) is 1. The van der Waals surface area contributed by atoms with E-state index in [4.69, 9.17) is 0 Å². The Morgan fingerprint density at radius 2 is 2.21 bits per heavy atom. The predicted octanol–water partition coefficient (Wildman–Crippen LogP) is 1.20. The van der Waals surface area contributed by atoms with Crippen molar-refractivity contribution in [2.24, 2.45) is 5.92 Å². The second kappa shape index (κ2) is 5.35. The Morgan fingerprint density at radius 1 is 1.50 bits per heavy atom. The first-order valence-electron chi connectivity index (χ1n) is 5.52. The fourth-order valence-electron chi connectivity index (χ4n) is 1.97. The van der Waals surface area contributed by atoms with Gasteiger partial charge in [0.2, 0.25) is 5.91 Å². The SMILES string of the molecule is C[C@@H]1CCCN(CCC(=O)N(C)C)C1. The van der Waals surface area contributed by atoms with E-state index in [1.54, 1.807) is 4.90 Å². The van der Waals surface area contributed by atoms with Crippen molar-refractivity contribution in [2.45, 2.75) is 26.2 Å². The summed E-state index contributed by atoms with van der Waals surface area (Å²) in [5, 5.41) is 0.